The fourth-order valence-corrected chi connectivity index (χ4v) is 2.31. The van der Waals surface area contributed by atoms with Gasteiger partial charge in [0.2, 0.25) is 5.69 Å². The van der Waals surface area contributed by atoms with E-state index in [-0.39, 0.29) is 53.2 Å². The van der Waals surface area contributed by atoms with Crippen LogP contribution in [-0.4, -0.2) is 24.0 Å². The molecule has 0 aliphatic heterocycles. The van der Waals surface area contributed by atoms with Gasteiger partial charge in [-0.25, -0.2) is 0 Å². The third-order valence-electron chi connectivity index (χ3n) is 4.15. The highest BCUT2D eigenvalue weighted by Gasteiger charge is 2.27. The second kappa shape index (κ2) is 7.06. The summed E-state index contributed by atoms with van der Waals surface area (Å²) < 4.78 is 68.5. The van der Waals surface area contributed by atoms with Crippen LogP contribution >= 0.6 is 0 Å². The minimum absolute atomic E-state index is 0.0731. The van der Waals surface area contributed by atoms with E-state index in [2.05, 4.69) is 25.7 Å². The van der Waals surface area contributed by atoms with Gasteiger partial charge in [0.05, 0.1) is 9.60 Å². The Bertz CT molecular complexity index is 1050. The highest BCUT2D eigenvalue weighted by atomic mass is 15.1. The zero-order valence-corrected chi connectivity index (χ0v) is 15.8. The van der Waals surface area contributed by atoms with Crippen LogP contribution in [0.1, 0.15) is 58.1 Å². The van der Waals surface area contributed by atoms with Crippen LogP contribution in [0.4, 0.5) is 0 Å². The topological polar surface area (TPSA) is 7.12 Å². The number of likely N-dealkylation sites (N-methyl/N-ethyl adjacent to an activating group) is 1. The first-order valence-electron chi connectivity index (χ1n) is 12.3. The smallest absolute Gasteiger partial charge is 0.213 e. The molecule has 2 rings (SSSR count). The van der Waals surface area contributed by atoms with Crippen molar-refractivity contribution in [1.29, 1.82) is 0 Å². The van der Waals surface area contributed by atoms with Gasteiger partial charge in [-0.2, -0.15) is 4.57 Å². The fourth-order valence-electron chi connectivity index (χ4n) is 2.31. The zero-order chi connectivity index (χ0) is 24.9. The summed E-state index contributed by atoms with van der Waals surface area (Å²) in [7, 11) is 1.94. The molecule has 1 aromatic carbocycles. The summed E-state index contributed by atoms with van der Waals surface area (Å²) in [5.74, 6) is 0. The molecule has 1 heterocycles. The third-order valence-corrected chi connectivity index (χ3v) is 4.15. The SMILES string of the molecule is [2H]c1c([2H])c([2H])c(-c2c([2H])c([2H])c([2H])c([2H])[n+]2C(C)(C)C)c(CCN(C)C(C)(C)C)c1[2H]. The Morgan fingerprint density at radius 1 is 0.958 bits per heavy atom. The van der Waals surface area contributed by atoms with Crippen molar-refractivity contribution >= 4 is 0 Å². The van der Waals surface area contributed by atoms with Crippen LogP contribution in [0.3, 0.4) is 0 Å². The molecule has 2 aromatic rings. The van der Waals surface area contributed by atoms with E-state index in [9.17, 15) is 0 Å². The molecule has 0 N–H and O–H groups in total. The van der Waals surface area contributed by atoms with E-state index in [1.807, 2.05) is 7.05 Å². The van der Waals surface area contributed by atoms with E-state index in [0.717, 1.165) is 0 Å². The van der Waals surface area contributed by atoms with Gasteiger partial charge < -0.3 is 4.90 Å². The van der Waals surface area contributed by atoms with Gasteiger partial charge in [0.15, 0.2) is 11.7 Å². The van der Waals surface area contributed by atoms with Gasteiger partial charge in [-0.3, -0.25) is 0 Å². The molecule has 0 aliphatic carbocycles. The first-order valence-corrected chi connectivity index (χ1v) is 8.26. The van der Waals surface area contributed by atoms with E-state index in [4.69, 9.17) is 11.0 Å². The van der Waals surface area contributed by atoms with Gasteiger partial charge in [0.25, 0.3) is 0 Å². The molecule has 0 radical (unpaired) electrons. The largest absolute Gasteiger partial charge is 0.301 e. The van der Waals surface area contributed by atoms with Crippen molar-refractivity contribution in [3.05, 3.63) is 54.0 Å². The molecule has 0 spiro atoms. The summed E-state index contributed by atoms with van der Waals surface area (Å²) >= 11 is 0. The van der Waals surface area contributed by atoms with Gasteiger partial charge in [-0.15, -0.1) is 0 Å². The molecule has 130 valence electrons. The van der Waals surface area contributed by atoms with Gasteiger partial charge in [0, 0.05) is 50.5 Å². The maximum absolute atomic E-state index is 8.64. The number of hydrogen-bond acceptors (Lipinski definition) is 1. The predicted octanol–water partition coefficient (Wildman–Crippen LogP) is 4.67. The quantitative estimate of drug-likeness (QED) is 0.738. The fraction of sp³-hybridized carbons (Fsp3) is 0.500. The highest BCUT2D eigenvalue weighted by molar-refractivity contribution is 5.61. The molecule has 0 fully saturated rings. The Morgan fingerprint density at radius 3 is 2.21 bits per heavy atom. The number of aromatic nitrogens is 1. The molecule has 1 aromatic heterocycles. The minimum Gasteiger partial charge on any atom is -0.301 e. The summed E-state index contributed by atoms with van der Waals surface area (Å²) in [6, 6.07) is -2.41. The van der Waals surface area contributed by atoms with Crippen molar-refractivity contribution in [2.24, 2.45) is 0 Å². The molecule has 0 unspecified atom stereocenters. The molecule has 0 bridgehead atoms. The van der Waals surface area contributed by atoms with Gasteiger partial charge in [-0.05, 0) is 51.9 Å². The Hall–Kier alpha value is -1.67. The molecule has 0 saturated carbocycles. The van der Waals surface area contributed by atoms with Gasteiger partial charge in [0.1, 0.15) is 1.37 Å². The Kier molecular flexibility index (Phi) is 3.05. The summed E-state index contributed by atoms with van der Waals surface area (Å²) in [4.78, 5) is 2.08. The molecular weight excluding hydrogens is 292 g/mol. The van der Waals surface area contributed by atoms with E-state index in [1.54, 1.807) is 20.8 Å². The van der Waals surface area contributed by atoms with E-state index in [1.165, 1.54) is 4.57 Å². The van der Waals surface area contributed by atoms with Crippen LogP contribution < -0.4 is 4.57 Å². The van der Waals surface area contributed by atoms with Crippen molar-refractivity contribution in [1.82, 2.24) is 4.90 Å². The van der Waals surface area contributed by atoms with E-state index in [0.29, 0.717) is 18.5 Å². The second-order valence-corrected chi connectivity index (χ2v) is 8.04. The van der Waals surface area contributed by atoms with Crippen molar-refractivity contribution in [3.63, 3.8) is 0 Å². The van der Waals surface area contributed by atoms with E-state index < -0.39 is 17.6 Å². The van der Waals surface area contributed by atoms with Crippen LogP contribution in [-0.2, 0) is 12.0 Å². The molecule has 24 heavy (non-hydrogen) atoms. The Morgan fingerprint density at radius 2 is 1.58 bits per heavy atom. The molecular formula is C22H33N2+. The van der Waals surface area contributed by atoms with Crippen molar-refractivity contribution in [3.8, 4) is 11.3 Å². The van der Waals surface area contributed by atoms with Crippen LogP contribution in [0.15, 0.2) is 48.5 Å². The summed E-state index contributed by atoms with van der Waals surface area (Å²) in [5, 5.41) is 0. The number of hydrogen-bond donors (Lipinski definition) is 0. The second-order valence-electron chi connectivity index (χ2n) is 8.04. The predicted molar refractivity (Wildman–Crippen MR) is 103 cm³/mol. The van der Waals surface area contributed by atoms with Crippen LogP contribution in [0.25, 0.3) is 11.3 Å². The number of benzene rings is 1. The maximum Gasteiger partial charge on any atom is 0.213 e. The molecule has 0 saturated heterocycles. The average molecular weight is 334 g/mol. The molecule has 0 amide bonds. The molecule has 2 heteroatoms. The number of pyridine rings is 1. The first kappa shape index (κ1) is 10.4. The Labute approximate surface area is 159 Å². The lowest BCUT2D eigenvalue weighted by molar-refractivity contribution is -0.744. The van der Waals surface area contributed by atoms with Gasteiger partial charge in [-0.1, -0.05) is 18.1 Å². The third kappa shape index (κ3) is 4.45. The molecule has 0 aliphatic rings. The van der Waals surface area contributed by atoms with Crippen LogP contribution in [0, 0.1) is 0 Å². The number of nitrogens with zero attached hydrogens (tertiary/aromatic N) is 2. The zero-order valence-electron chi connectivity index (χ0n) is 23.8. The summed E-state index contributed by atoms with van der Waals surface area (Å²) in [5.41, 5.74) is -0.367. The van der Waals surface area contributed by atoms with Gasteiger partial charge >= 0.3 is 0 Å². The van der Waals surface area contributed by atoms with Crippen LogP contribution in [0.5, 0.6) is 0 Å². The normalized spacial score (nSPS) is 17.3. The lowest BCUT2D eigenvalue weighted by atomic mass is 9.98. The lowest BCUT2D eigenvalue weighted by Crippen LogP contribution is -2.51. The highest BCUT2D eigenvalue weighted by Crippen LogP contribution is 2.24. The summed E-state index contributed by atoms with van der Waals surface area (Å²) in [6.07, 6.45) is 0.0333. The first-order chi connectivity index (χ1) is 14.4. The van der Waals surface area contributed by atoms with Crippen molar-refractivity contribution in [2.75, 3.05) is 13.6 Å². The summed E-state index contributed by atoms with van der Waals surface area (Å²) in [6.45, 7) is 12.1. The molecule has 2 nitrogen and oxygen atoms in total. The maximum atomic E-state index is 8.64. The monoisotopic (exact) mass is 333 g/mol. The van der Waals surface area contributed by atoms with Crippen LogP contribution in [0.2, 0.25) is 0 Å². The van der Waals surface area contributed by atoms with Crippen molar-refractivity contribution < 1.29 is 15.5 Å². The van der Waals surface area contributed by atoms with Crippen molar-refractivity contribution in [2.45, 2.75) is 59.0 Å². The standard InChI is InChI=1S/C22H33N2/c1-21(2,3)23(7)17-15-18-12-8-9-13-19(18)20-14-10-11-16-24(20)22(4,5)6/h8-14,16H,15,17H2,1-7H3/q+1/i8D,9D,10D,11D,12D,13D,14D,16D. The Balaban J connectivity index is 2.99. The van der Waals surface area contributed by atoms with E-state index >= 15 is 0 Å². The number of rotatable bonds is 4. The average Bonchev–Trinajstić information content (AvgIpc) is 2.67. The lowest BCUT2D eigenvalue weighted by Gasteiger charge is -2.32. The minimum atomic E-state index is -0.762. The molecule has 0 atom stereocenters.